The molecule has 3 aromatic rings. The third kappa shape index (κ3) is 3.39. The van der Waals surface area contributed by atoms with Gasteiger partial charge in [-0.3, -0.25) is 14.3 Å². The zero-order valence-corrected chi connectivity index (χ0v) is 16.3. The second kappa shape index (κ2) is 7.35. The third-order valence-electron chi connectivity index (χ3n) is 5.96. The molecule has 5 rings (SSSR count). The number of carbonyl (C=O) groups excluding carboxylic acids is 1. The van der Waals surface area contributed by atoms with E-state index < -0.39 is 0 Å². The van der Waals surface area contributed by atoms with Crippen LogP contribution in [0.25, 0.3) is 10.9 Å². The maximum atomic E-state index is 12.9. The molecule has 1 atom stereocenters. The van der Waals surface area contributed by atoms with Gasteiger partial charge < -0.3 is 9.80 Å². The Morgan fingerprint density at radius 1 is 1.07 bits per heavy atom. The molecule has 0 saturated carbocycles. The second-order valence-electron chi connectivity index (χ2n) is 7.83. The Balaban J connectivity index is 1.30. The van der Waals surface area contributed by atoms with Gasteiger partial charge in [-0.25, -0.2) is 4.68 Å². The van der Waals surface area contributed by atoms with Crippen LogP contribution in [0.1, 0.15) is 25.3 Å². The van der Waals surface area contributed by atoms with Crippen LogP contribution in [0.5, 0.6) is 0 Å². The maximum absolute atomic E-state index is 12.9. The Bertz CT molecular complexity index is 1100. The molecule has 0 bridgehead atoms. The minimum absolute atomic E-state index is 0.0220. The lowest BCUT2D eigenvalue weighted by atomic mass is 10.1. The normalized spacial score (nSPS) is 19.4. The van der Waals surface area contributed by atoms with Crippen molar-refractivity contribution in [1.29, 1.82) is 0 Å². The molecule has 1 amide bonds. The summed E-state index contributed by atoms with van der Waals surface area (Å²) in [4.78, 5) is 29.5. The van der Waals surface area contributed by atoms with E-state index in [0.717, 1.165) is 48.9 Å². The minimum Gasteiger partial charge on any atom is -0.370 e. The molecular formula is C21H24N6O2. The number of aromatic nitrogens is 4. The molecule has 2 aliphatic rings. The van der Waals surface area contributed by atoms with E-state index in [9.17, 15) is 9.59 Å². The van der Waals surface area contributed by atoms with Crippen molar-refractivity contribution in [2.24, 2.45) is 0 Å². The summed E-state index contributed by atoms with van der Waals surface area (Å²) in [6.45, 7) is 3.39. The number of hydrogen-bond donors (Lipinski definition) is 0. The van der Waals surface area contributed by atoms with Gasteiger partial charge >= 0.3 is 0 Å². The van der Waals surface area contributed by atoms with Gasteiger partial charge in [0.05, 0.1) is 29.6 Å². The van der Waals surface area contributed by atoms with Gasteiger partial charge in [-0.1, -0.05) is 18.2 Å². The quantitative estimate of drug-likeness (QED) is 0.675. The van der Waals surface area contributed by atoms with E-state index in [4.69, 9.17) is 0 Å². The van der Waals surface area contributed by atoms with Crippen molar-refractivity contribution in [1.82, 2.24) is 24.5 Å². The largest absolute Gasteiger partial charge is 0.370 e. The van der Waals surface area contributed by atoms with Crippen LogP contribution >= 0.6 is 0 Å². The monoisotopic (exact) mass is 392 g/mol. The Morgan fingerprint density at radius 2 is 1.93 bits per heavy atom. The van der Waals surface area contributed by atoms with Gasteiger partial charge in [0.15, 0.2) is 0 Å². The summed E-state index contributed by atoms with van der Waals surface area (Å²) in [5, 5.41) is 9.80. The molecule has 0 spiro atoms. The molecule has 2 fully saturated rings. The lowest BCUT2D eigenvalue weighted by molar-refractivity contribution is -0.133. The second-order valence-corrected chi connectivity index (χ2v) is 7.83. The van der Waals surface area contributed by atoms with Crippen molar-refractivity contribution < 1.29 is 4.79 Å². The van der Waals surface area contributed by atoms with Gasteiger partial charge in [-0.2, -0.15) is 10.2 Å². The van der Waals surface area contributed by atoms with E-state index >= 15 is 0 Å². The van der Waals surface area contributed by atoms with Crippen molar-refractivity contribution in [3.63, 3.8) is 0 Å². The first kappa shape index (κ1) is 17.9. The summed E-state index contributed by atoms with van der Waals surface area (Å²) in [6.07, 6.45) is 6.43. The SMILES string of the molecule is O=C(Cn1ncc2ccccc21)N1CCCC(n2ncc(N3CCC3)cc2=O)C1. The summed E-state index contributed by atoms with van der Waals surface area (Å²) in [5.41, 5.74) is 1.76. The van der Waals surface area contributed by atoms with Crippen LogP contribution in [0.4, 0.5) is 5.69 Å². The molecule has 2 aromatic heterocycles. The van der Waals surface area contributed by atoms with E-state index in [-0.39, 0.29) is 24.1 Å². The summed E-state index contributed by atoms with van der Waals surface area (Å²) in [6, 6.07) is 9.45. The highest BCUT2D eigenvalue weighted by molar-refractivity contribution is 5.82. The Labute approximate surface area is 168 Å². The number of carbonyl (C=O) groups is 1. The first-order valence-corrected chi connectivity index (χ1v) is 10.2. The number of likely N-dealkylation sites (tertiary alicyclic amines) is 1. The summed E-state index contributed by atoms with van der Waals surface area (Å²) in [7, 11) is 0. The van der Waals surface area contributed by atoms with Crippen molar-refractivity contribution in [2.75, 3.05) is 31.1 Å². The third-order valence-corrected chi connectivity index (χ3v) is 5.96. The molecule has 8 heteroatoms. The molecule has 4 heterocycles. The van der Waals surface area contributed by atoms with Crippen LogP contribution in [-0.2, 0) is 11.3 Å². The molecular weight excluding hydrogens is 368 g/mol. The lowest BCUT2D eigenvalue weighted by Gasteiger charge is -2.34. The molecule has 0 radical (unpaired) electrons. The van der Waals surface area contributed by atoms with Gasteiger partial charge in [0.25, 0.3) is 5.56 Å². The average Bonchev–Trinajstić information content (AvgIpc) is 3.10. The van der Waals surface area contributed by atoms with Crippen LogP contribution in [0.3, 0.4) is 0 Å². The highest BCUT2D eigenvalue weighted by atomic mass is 16.2. The fourth-order valence-corrected chi connectivity index (χ4v) is 4.19. The molecule has 2 saturated heterocycles. The van der Waals surface area contributed by atoms with Gasteiger partial charge in [-0.05, 0) is 25.3 Å². The van der Waals surface area contributed by atoms with Gasteiger partial charge in [0.1, 0.15) is 6.54 Å². The van der Waals surface area contributed by atoms with Crippen molar-refractivity contribution in [2.45, 2.75) is 31.8 Å². The van der Waals surface area contributed by atoms with E-state index in [0.29, 0.717) is 13.1 Å². The number of para-hydroxylation sites is 1. The summed E-state index contributed by atoms with van der Waals surface area (Å²) < 4.78 is 3.29. The Hall–Kier alpha value is -3.16. The number of hydrogen-bond acceptors (Lipinski definition) is 5. The number of amides is 1. The van der Waals surface area contributed by atoms with E-state index in [1.165, 1.54) is 0 Å². The molecule has 150 valence electrons. The van der Waals surface area contributed by atoms with Crippen LogP contribution < -0.4 is 10.5 Å². The molecule has 1 aromatic carbocycles. The average molecular weight is 392 g/mol. The minimum atomic E-state index is -0.0910. The Morgan fingerprint density at radius 3 is 2.72 bits per heavy atom. The first-order chi connectivity index (χ1) is 14.2. The van der Waals surface area contributed by atoms with Gasteiger partial charge in [0, 0.05) is 37.6 Å². The molecule has 0 N–H and O–H groups in total. The molecule has 2 aliphatic heterocycles. The van der Waals surface area contributed by atoms with Crippen molar-refractivity contribution in [3.05, 3.63) is 53.1 Å². The highest BCUT2D eigenvalue weighted by Crippen LogP contribution is 2.22. The number of piperidine rings is 1. The predicted octanol–water partition coefficient (Wildman–Crippen LogP) is 1.67. The van der Waals surface area contributed by atoms with E-state index in [2.05, 4.69) is 15.1 Å². The van der Waals surface area contributed by atoms with Crippen LogP contribution in [0, 0.1) is 0 Å². The van der Waals surface area contributed by atoms with Crippen LogP contribution in [0.2, 0.25) is 0 Å². The van der Waals surface area contributed by atoms with Crippen molar-refractivity contribution in [3.8, 4) is 0 Å². The lowest BCUT2D eigenvalue weighted by Crippen LogP contribution is -2.45. The zero-order valence-electron chi connectivity index (χ0n) is 16.3. The standard InChI is InChI=1S/C21H24N6O2/c28-20-11-18(24-9-4-10-24)13-23-27(20)17-6-3-8-25(14-17)21(29)15-26-19-7-2-1-5-16(19)12-22-26/h1-2,5,7,11-13,17H,3-4,6,8-10,14-15H2. The topological polar surface area (TPSA) is 76.3 Å². The Kier molecular flexibility index (Phi) is 4.54. The molecule has 1 unspecified atom stereocenters. The molecule has 29 heavy (non-hydrogen) atoms. The smallest absolute Gasteiger partial charge is 0.269 e. The number of fused-ring (bicyclic) bond motifs is 1. The number of rotatable bonds is 4. The molecule has 8 nitrogen and oxygen atoms in total. The fourth-order valence-electron chi connectivity index (χ4n) is 4.19. The number of anilines is 1. The first-order valence-electron chi connectivity index (χ1n) is 10.2. The van der Waals surface area contributed by atoms with Crippen LogP contribution in [-0.4, -0.2) is 56.5 Å². The molecule has 0 aliphatic carbocycles. The number of nitrogens with zero attached hydrogens (tertiary/aromatic N) is 6. The van der Waals surface area contributed by atoms with Crippen molar-refractivity contribution >= 4 is 22.5 Å². The van der Waals surface area contributed by atoms with E-state index in [1.807, 2.05) is 29.2 Å². The maximum Gasteiger partial charge on any atom is 0.269 e. The van der Waals surface area contributed by atoms with Gasteiger partial charge in [-0.15, -0.1) is 0 Å². The van der Waals surface area contributed by atoms with E-state index in [1.54, 1.807) is 27.8 Å². The summed E-state index contributed by atoms with van der Waals surface area (Å²) in [5.74, 6) is 0.0220. The fraction of sp³-hybridized carbons (Fsp3) is 0.429. The number of benzene rings is 1. The highest BCUT2D eigenvalue weighted by Gasteiger charge is 2.27. The summed E-state index contributed by atoms with van der Waals surface area (Å²) >= 11 is 0. The zero-order chi connectivity index (χ0) is 19.8. The van der Waals surface area contributed by atoms with Crippen LogP contribution in [0.15, 0.2) is 47.5 Å². The van der Waals surface area contributed by atoms with Gasteiger partial charge in [0.2, 0.25) is 5.91 Å². The predicted molar refractivity (Wildman–Crippen MR) is 110 cm³/mol.